The van der Waals surface area contributed by atoms with Crippen molar-refractivity contribution in [2.24, 2.45) is 0 Å². The molecule has 0 radical (unpaired) electrons. The molecule has 2 N–H and O–H groups in total. The van der Waals surface area contributed by atoms with Gasteiger partial charge >= 0.3 is 0 Å². The molecule has 1 aromatic heterocycles. The molecule has 1 aliphatic rings. The van der Waals surface area contributed by atoms with Crippen molar-refractivity contribution >= 4 is 17.5 Å². The maximum absolute atomic E-state index is 13.9. The molecule has 0 amide bonds. The van der Waals surface area contributed by atoms with Gasteiger partial charge in [0.15, 0.2) is 29.0 Å². The predicted octanol–water partition coefficient (Wildman–Crippen LogP) is 4.29. The van der Waals surface area contributed by atoms with Gasteiger partial charge in [0.25, 0.3) is 0 Å². The molecule has 3 aromatic rings. The maximum Gasteiger partial charge on any atom is 0.231 e. The van der Waals surface area contributed by atoms with E-state index < -0.39 is 17.5 Å². The van der Waals surface area contributed by atoms with Gasteiger partial charge in [-0.15, -0.1) is 0 Å². The molecule has 6 nitrogen and oxygen atoms in total. The van der Waals surface area contributed by atoms with Crippen molar-refractivity contribution in [3.05, 3.63) is 65.1 Å². The Morgan fingerprint density at radius 2 is 1.79 bits per heavy atom. The zero-order valence-electron chi connectivity index (χ0n) is 14.7. The third kappa shape index (κ3) is 3.64. The summed E-state index contributed by atoms with van der Waals surface area (Å²) < 4.78 is 50.9. The van der Waals surface area contributed by atoms with Gasteiger partial charge in [-0.05, 0) is 36.8 Å². The normalized spacial score (nSPS) is 12.1. The van der Waals surface area contributed by atoms with Crippen LogP contribution in [0, 0.1) is 24.4 Å². The van der Waals surface area contributed by atoms with Crippen LogP contribution in [0.3, 0.4) is 0 Å². The van der Waals surface area contributed by atoms with Crippen molar-refractivity contribution in [1.82, 2.24) is 9.97 Å². The van der Waals surface area contributed by atoms with Crippen molar-refractivity contribution in [3.8, 4) is 11.5 Å². The molecule has 4 rings (SSSR count). The van der Waals surface area contributed by atoms with Crippen LogP contribution in [0.25, 0.3) is 0 Å². The number of nitrogens with zero attached hydrogens (tertiary/aromatic N) is 2. The van der Waals surface area contributed by atoms with Crippen LogP contribution in [-0.4, -0.2) is 16.8 Å². The number of nitrogens with one attached hydrogen (secondary N) is 2. The third-order valence-corrected chi connectivity index (χ3v) is 4.05. The first-order valence-corrected chi connectivity index (χ1v) is 8.38. The fourth-order valence-electron chi connectivity index (χ4n) is 2.70. The van der Waals surface area contributed by atoms with Gasteiger partial charge in [-0.2, -0.15) is 4.98 Å². The second-order valence-corrected chi connectivity index (χ2v) is 6.11. The fourth-order valence-corrected chi connectivity index (χ4v) is 2.70. The largest absolute Gasteiger partial charge is 0.454 e. The van der Waals surface area contributed by atoms with Gasteiger partial charge in [0.1, 0.15) is 5.82 Å². The Morgan fingerprint density at radius 3 is 2.64 bits per heavy atom. The lowest BCUT2D eigenvalue weighted by molar-refractivity contribution is 0.174. The first-order valence-electron chi connectivity index (χ1n) is 8.38. The summed E-state index contributed by atoms with van der Waals surface area (Å²) in [6, 6.07) is 9.20. The number of hydrogen-bond acceptors (Lipinski definition) is 6. The van der Waals surface area contributed by atoms with Gasteiger partial charge in [0.2, 0.25) is 12.7 Å². The Hall–Kier alpha value is -3.49. The van der Waals surface area contributed by atoms with Crippen LogP contribution >= 0.6 is 0 Å². The average molecular weight is 388 g/mol. The standard InChI is InChI=1S/C19H15F3N4O2/c1-10-6-16(23-8-11-2-5-14-15(7-11)28-9-27-14)26-19(24-10)25-13-4-3-12(20)17(21)18(13)22/h2-7H,8-9H2,1H3,(H2,23,24,25,26). The Balaban J connectivity index is 1.50. The van der Waals surface area contributed by atoms with Gasteiger partial charge in [-0.25, -0.2) is 18.2 Å². The Morgan fingerprint density at radius 1 is 0.964 bits per heavy atom. The summed E-state index contributed by atoms with van der Waals surface area (Å²) in [5.41, 5.74) is 1.29. The molecule has 9 heteroatoms. The highest BCUT2D eigenvalue weighted by atomic mass is 19.2. The van der Waals surface area contributed by atoms with E-state index in [0.29, 0.717) is 29.6 Å². The average Bonchev–Trinajstić information content (AvgIpc) is 3.14. The SMILES string of the molecule is Cc1cc(NCc2ccc3c(c2)OCO3)nc(Nc2ccc(F)c(F)c2F)n1. The molecule has 0 aliphatic carbocycles. The molecule has 0 unspecified atom stereocenters. The summed E-state index contributed by atoms with van der Waals surface area (Å²) >= 11 is 0. The van der Waals surface area contributed by atoms with Crippen LogP contribution in [0.1, 0.15) is 11.3 Å². The molecule has 0 fully saturated rings. The summed E-state index contributed by atoms with van der Waals surface area (Å²) in [4.78, 5) is 8.38. The molecular formula is C19H15F3N4O2. The van der Waals surface area contributed by atoms with Gasteiger partial charge in [0, 0.05) is 18.3 Å². The number of hydrogen-bond donors (Lipinski definition) is 2. The molecule has 0 saturated carbocycles. The predicted molar refractivity (Wildman–Crippen MR) is 96.3 cm³/mol. The molecule has 0 saturated heterocycles. The molecular weight excluding hydrogens is 373 g/mol. The van der Waals surface area contributed by atoms with Crippen molar-refractivity contribution < 1.29 is 22.6 Å². The maximum atomic E-state index is 13.9. The number of ether oxygens (including phenoxy) is 2. The highest BCUT2D eigenvalue weighted by Crippen LogP contribution is 2.32. The Bertz CT molecular complexity index is 1050. The van der Waals surface area contributed by atoms with Crippen LogP contribution in [0.15, 0.2) is 36.4 Å². The van der Waals surface area contributed by atoms with E-state index >= 15 is 0 Å². The van der Waals surface area contributed by atoms with E-state index in [4.69, 9.17) is 9.47 Å². The second-order valence-electron chi connectivity index (χ2n) is 6.11. The number of halogens is 3. The topological polar surface area (TPSA) is 68.3 Å². The number of anilines is 3. The molecule has 0 bridgehead atoms. The number of rotatable bonds is 5. The minimum atomic E-state index is -1.56. The number of fused-ring (bicyclic) bond motifs is 1. The zero-order valence-corrected chi connectivity index (χ0v) is 14.7. The van der Waals surface area contributed by atoms with E-state index in [9.17, 15) is 13.2 Å². The Kier molecular flexibility index (Phi) is 4.64. The summed E-state index contributed by atoms with van der Waals surface area (Å²) in [5.74, 6) is -2.25. The summed E-state index contributed by atoms with van der Waals surface area (Å²) in [7, 11) is 0. The second kappa shape index (κ2) is 7.26. The molecule has 1 aliphatic heterocycles. The zero-order chi connectivity index (χ0) is 19.7. The van der Waals surface area contributed by atoms with Crippen LogP contribution in [0.5, 0.6) is 11.5 Å². The summed E-state index contributed by atoms with van der Waals surface area (Å²) in [6.45, 7) is 2.39. The lowest BCUT2D eigenvalue weighted by Gasteiger charge is -2.11. The van der Waals surface area contributed by atoms with E-state index in [1.165, 1.54) is 0 Å². The number of aromatic nitrogens is 2. The minimum absolute atomic E-state index is 0.0538. The van der Waals surface area contributed by atoms with Crippen molar-refractivity contribution in [2.75, 3.05) is 17.4 Å². The number of aryl methyl sites for hydroxylation is 1. The smallest absolute Gasteiger partial charge is 0.231 e. The van der Waals surface area contributed by atoms with Crippen LogP contribution in [-0.2, 0) is 6.54 Å². The highest BCUT2D eigenvalue weighted by Gasteiger charge is 2.15. The van der Waals surface area contributed by atoms with E-state index in [0.717, 1.165) is 17.7 Å². The molecule has 28 heavy (non-hydrogen) atoms. The van der Waals surface area contributed by atoms with E-state index in [1.54, 1.807) is 13.0 Å². The lowest BCUT2D eigenvalue weighted by atomic mass is 10.2. The summed E-state index contributed by atoms with van der Waals surface area (Å²) in [5, 5.41) is 5.71. The van der Waals surface area contributed by atoms with E-state index in [-0.39, 0.29) is 18.4 Å². The van der Waals surface area contributed by atoms with Crippen LogP contribution in [0.2, 0.25) is 0 Å². The van der Waals surface area contributed by atoms with Gasteiger partial charge in [0.05, 0.1) is 5.69 Å². The fraction of sp³-hybridized carbons (Fsp3) is 0.158. The van der Waals surface area contributed by atoms with Gasteiger partial charge < -0.3 is 20.1 Å². The summed E-state index contributed by atoms with van der Waals surface area (Å²) in [6.07, 6.45) is 0. The Labute approximate surface area is 158 Å². The van der Waals surface area contributed by atoms with E-state index in [2.05, 4.69) is 20.6 Å². The van der Waals surface area contributed by atoms with Crippen molar-refractivity contribution in [1.29, 1.82) is 0 Å². The first-order chi connectivity index (χ1) is 13.5. The third-order valence-electron chi connectivity index (χ3n) is 4.05. The van der Waals surface area contributed by atoms with Gasteiger partial charge in [-0.3, -0.25) is 0 Å². The van der Waals surface area contributed by atoms with Gasteiger partial charge in [-0.1, -0.05) is 6.07 Å². The van der Waals surface area contributed by atoms with Crippen LogP contribution in [0.4, 0.5) is 30.6 Å². The molecule has 0 spiro atoms. The molecule has 0 atom stereocenters. The quantitative estimate of drug-likeness (QED) is 0.636. The molecule has 2 aromatic carbocycles. The molecule has 144 valence electrons. The minimum Gasteiger partial charge on any atom is -0.454 e. The number of benzene rings is 2. The van der Waals surface area contributed by atoms with Crippen LogP contribution < -0.4 is 20.1 Å². The first kappa shape index (κ1) is 17.9. The lowest BCUT2D eigenvalue weighted by Crippen LogP contribution is -2.07. The van der Waals surface area contributed by atoms with Crippen molar-refractivity contribution in [3.63, 3.8) is 0 Å². The highest BCUT2D eigenvalue weighted by molar-refractivity contribution is 5.56. The van der Waals surface area contributed by atoms with E-state index in [1.807, 2.05) is 18.2 Å². The monoisotopic (exact) mass is 388 g/mol. The van der Waals surface area contributed by atoms with Crippen molar-refractivity contribution in [2.45, 2.75) is 13.5 Å². The molecule has 2 heterocycles.